The first-order valence-electron chi connectivity index (χ1n) is 9.60. The van der Waals surface area contributed by atoms with Crippen LogP contribution in [0.4, 0.5) is 5.69 Å². The molecule has 0 aromatic heterocycles. The minimum atomic E-state index is 0.478. The van der Waals surface area contributed by atoms with Gasteiger partial charge in [0.15, 0.2) is 11.5 Å². The fourth-order valence-corrected chi connectivity index (χ4v) is 3.94. The Labute approximate surface area is 189 Å². The van der Waals surface area contributed by atoms with Gasteiger partial charge < -0.3 is 14.8 Å². The number of ether oxygens (including phenoxy) is 2. The second kappa shape index (κ2) is 10.2. The van der Waals surface area contributed by atoms with Crippen molar-refractivity contribution in [1.82, 2.24) is 0 Å². The highest BCUT2D eigenvalue weighted by molar-refractivity contribution is 9.10. The van der Waals surface area contributed by atoms with E-state index in [0.717, 1.165) is 37.3 Å². The summed E-state index contributed by atoms with van der Waals surface area (Å²) in [4.78, 5) is 0. The van der Waals surface area contributed by atoms with Crippen LogP contribution in [0, 0.1) is 13.8 Å². The van der Waals surface area contributed by atoms with Gasteiger partial charge in [-0.05, 0) is 83.7 Å². The third-order valence-corrected chi connectivity index (χ3v) is 5.65. The van der Waals surface area contributed by atoms with Gasteiger partial charge in [-0.1, -0.05) is 45.8 Å². The minimum Gasteiger partial charge on any atom is -0.490 e. The molecule has 0 aliphatic carbocycles. The molecule has 0 saturated carbocycles. The predicted molar refractivity (Wildman–Crippen MR) is 127 cm³/mol. The van der Waals surface area contributed by atoms with E-state index >= 15 is 0 Å². The molecule has 0 bridgehead atoms. The topological polar surface area (TPSA) is 30.5 Å². The second-order valence-electron chi connectivity index (χ2n) is 6.92. The quantitative estimate of drug-likeness (QED) is 0.336. The maximum atomic E-state index is 6.09. The molecule has 0 aliphatic heterocycles. The molecular formula is C24H25Br2NO2. The number of hydrogen-bond donors (Lipinski definition) is 1. The molecule has 0 saturated heterocycles. The van der Waals surface area contributed by atoms with Crippen molar-refractivity contribution in [2.45, 2.75) is 33.9 Å². The molecule has 29 heavy (non-hydrogen) atoms. The van der Waals surface area contributed by atoms with E-state index in [4.69, 9.17) is 9.47 Å². The molecule has 0 amide bonds. The lowest BCUT2D eigenvalue weighted by atomic mass is 10.1. The zero-order valence-electron chi connectivity index (χ0n) is 16.9. The van der Waals surface area contributed by atoms with E-state index in [1.165, 1.54) is 11.1 Å². The summed E-state index contributed by atoms with van der Waals surface area (Å²) in [6, 6.07) is 18.7. The molecule has 3 aromatic rings. The van der Waals surface area contributed by atoms with E-state index < -0.39 is 0 Å². The first-order chi connectivity index (χ1) is 14.0. The molecule has 0 spiro atoms. The van der Waals surface area contributed by atoms with Crippen LogP contribution in [0.25, 0.3) is 0 Å². The minimum absolute atomic E-state index is 0.478. The molecule has 3 rings (SSSR count). The summed E-state index contributed by atoms with van der Waals surface area (Å²) in [5, 5.41) is 3.51. The van der Waals surface area contributed by atoms with Crippen molar-refractivity contribution in [3.05, 3.63) is 85.8 Å². The predicted octanol–water partition coefficient (Wildman–Crippen LogP) is 7.42. The summed E-state index contributed by atoms with van der Waals surface area (Å²) >= 11 is 7.12. The van der Waals surface area contributed by atoms with Crippen LogP contribution in [0.2, 0.25) is 0 Å². The van der Waals surface area contributed by atoms with Crippen molar-refractivity contribution in [2.75, 3.05) is 11.9 Å². The lowest BCUT2D eigenvalue weighted by Gasteiger charge is -2.17. The molecule has 3 nitrogen and oxygen atoms in total. The van der Waals surface area contributed by atoms with Gasteiger partial charge in [0.2, 0.25) is 0 Å². The van der Waals surface area contributed by atoms with Crippen molar-refractivity contribution in [1.29, 1.82) is 0 Å². The molecule has 0 fully saturated rings. The SMILES string of the molecule is CCOc1cc(CNc2ccc(C)cc2C)cc(Br)c1OCc1ccc(Br)cc1. The molecule has 0 atom stereocenters. The summed E-state index contributed by atoms with van der Waals surface area (Å²) in [5.41, 5.74) is 5.87. The lowest BCUT2D eigenvalue weighted by Crippen LogP contribution is -2.04. The summed E-state index contributed by atoms with van der Waals surface area (Å²) in [5.74, 6) is 1.47. The smallest absolute Gasteiger partial charge is 0.175 e. The molecule has 0 aliphatic rings. The molecule has 0 heterocycles. The third kappa shape index (κ3) is 6.00. The van der Waals surface area contributed by atoms with Crippen LogP contribution < -0.4 is 14.8 Å². The summed E-state index contributed by atoms with van der Waals surface area (Å²) in [6.45, 7) is 7.97. The van der Waals surface area contributed by atoms with Gasteiger partial charge in [0.25, 0.3) is 0 Å². The second-order valence-corrected chi connectivity index (χ2v) is 8.69. The van der Waals surface area contributed by atoms with Crippen LogP contribution in [0.5, 0.6) is 11.5 Å². The Morgan fingerprint density at radius 1 is 0.862 bits per heavy atom. The summed E-state index contributed by atoms with van der Waals surface area (Å²) in [6.07, 6.45) is 0. The van der Waals surface area contributed by atoms with E-state index in [0.29, 0.717) is 19.8 Å². The molecule has 5 heteroatoms. The number of anilines is 1. The maximum absolute atomic E-state index is 6.09. The molecular weight excluding hydrogens is 494 g/mol. The Hall–Kier alpha value is -1.98. The van der Waals surface area contributed by atoms with Crippen LogP contribution in [-0.2, 0) is 13.2 Å². The number of rotatable bonds is 8. The summed E-state index contributed by atoms with van der Waals surface area (Å²) in [7, 11) is 0. The lowest BCUT2D eigenvalue weighted by molar-refractivity contribution is 0.267. The van der Waals surface area contributed by atoms with Crippen LogP contribution in [0.15, 0.2) is 63.5 Å². The monoisotopic (exact) mass is 517 g/mol. The van der Waals surface area contributed by atoms with Crippen molar-refractivity contribution >= 4 is 37.5 Å². The van der Waals surface area contributed by atoms with Gasteiger partial charge >= 0.3 is 0 Å². The number of halogens is 2. The van der Waals surface area contributed by atoms with Gasteiger partial charge in [-0.3, -0.25) is 0 Å². The first-order valence-corrected chi connectivity index (χ1v) is 11.2. The number of nitrogens with one attached hydrogen (secondary N) is 1. The number of benzene rings is 3. The normalized spacial score (nSPS) is 10.7. The Morgan fingerprint density at radius 2 is 1.62 bits per heavy atom. The van der Waals surface area contributed by atoms with E-state index in [1.54, 1.807) is 0 Å². The fraction of sp³-hybridized carbons (Fsp3) is 0.250. The van der Waals surface area contributed by atoms with Crippen molar-refractivity contribution < 1.29 is 9.47 Å². The van der Waals surface area contributed by atoms with Gasteiger partial charge in [-0.25, -0.2) is 0 Å². The Balaban J connectivity index is 1.75. The average molecular weight is 519 g/mol. The van der Waals surface area contributed by atoms with E-state index in [9.17, 15) is 0 Å². The van der Waals surface area contributed by atoms with Gasteiger partial charge in [-0.15, -0.1) is 0 Å². The third-order valence-electron chi connectivity index (χ3n) is 4.53. The molecule has 0 unspecified atom stereocenters. The highest BCUT2D eigenvalue weighted by Crippen LogP contribution is 2.38. The van der Waals surface area contributed by atoms with Crippen molar-refractivity contribution in [3.63, 3.8) is 0 Å². The molecule has 1 N–H and O–H groups in total. The van der Waals surface area contributed by atoms with Crippen molar-refractivity contribution in [2.24, 2.45) is 0 Å². The molecule has 152 valence electrons. The average Bonchev–Trinajstić information content (AvgIpc) is 2.68. The van der Waals surface area contributed by atoms with Crippen LogP contribution in [-0.4, -0.2) is 6.61 Å². The molecule has 3 aromatic carbocycles. The zero-order chi connectivity index (χ0) is 20.8. The van der Waals surface area contributed by atoms with Gasteiger partial charge in [0, 0.05) is 16.7 Å². The van der Waals surface area contributed by atoms with E-state index in [1.807, 2.05) is 37.3 Å². The Morgan fingerprint density at radius 3 is 2.31 bits per heavy atom. The Bertz CT molecular complexity index is 971. The van der Waals surface area contributed by atoms with Crippen LogP contribution >= 0.6 is 31.9 Å². The van der Waals surface area contributed by atoms with Crippen LogP contribution in [0.1, 0.15) is 29.2 Å². The van der Waals surface area contributed by atoms with Gasteiger partial charge in [-0.2, -0.15) is 0 Å². The number of hydrogen-bond acceptors (Lipinski definition) is 3. The van der Waals surface area contributed by atoms with E-state index in [-0.39, 0.29) is 0 Å². The number of aryl methyl sites for hydroxylation is 2. The summed E-state index contributed by atoms with van der Waals surface area (Å²) < 4.78 is 13.9. The first kappa shape index (κ1) is 21.7. The zero-order valence-corrected chi connectivity index (χ0v) is 20.1. The highest BCUT2D eigenvalue weighted by atomic mass is 79.9. The van der Waals surface area contributed by atoms with E-state index in [2.05, 4.69) is 75.3 Å². The van der Waals surface area contributed by atoms with Crippen molar-refractivity contribution in [3.8, 4) is 11.5 Å². The van der Waals surface area contributed by atoms with Gasteiger partial charge in [0.1, 0.15) is 6.61 Å². The largest absolute Gasteiger partial charge is 0.490 e. The van der Waals surface area contributed by atoms with Crippen LogP contribution in [0.3, 0.4) is 0 Å². The standard InChI is InChI=1S/C24H25Br2NO2/c1-4-28-23-13-19(14-27-22-10-5-16(2)11-17(22)3)12-21(26)24(23)29-15-18-6-8-20(25)9-7-18/h5-13,27H,4,14-15H2,1-3H3. The fourth-order valence-electron chi connectivity index (χ4n) is 3.07. The highest BCUT2D eigenvalue weighted by Gasteiger charge is 2.13. The maximum Gasteiger partial charge on any atom is 0.175 e. The Kier molecular flexibility index (Phi) is 7.62. The van der Waals surface area contributed by atoms with Gasteiger partial charge in [0.05, 0.1) is 11.1 Å². The molecule has 0 radical (unpaired) electrons.